The highest BCUT2D eigenvalue weighted by Gasteiger charge is 2.18. The second kappa shape index (κ2) is 7.36. The van der Waals surface area contributed by atoms with Crippen LogP contribution in [0.4, 0.5) is 8.78 Å². The molecule has 0 bridgehead atoms. The van der Waals surface area contributed by atoms with Crippen molar-refractivity contribution in [3.63, 3.8) is 0 Å². The highest BCUT2D eigenvalue weighted by atomic mass is 79.9. The van der Waals surface area contributed by atoms with Crippen LogP contribution in [0.3, 0.4) is 0 Å². The van der Waals surface area contributed by atoms with E-state index in [1.807, 2.05) is 31.2 Å². The zero-order valence-corrected chi connectivity index (χ0v) is 14.5. The lowest BCUT2D eigenvalue weighted by molar-refractivity contribution is 0.317. The topological polar surface area (TPSA) is 9.23 Å². The van der Waals surface area contributed by atoms with Crippen molar-refractivity contribution in [1.29, 1.82) is 0 Å². The Morgan fingerprint density at radius 2 is 1.90 bits per heavy atom. The summed E-state index contributed by atoms with van der Waals surface area (Å²) in [6.07, 6.45) is 0.911. The summed E-state index contributed by atoms with van der Waals surface area (Å²) in [4.78, 5) is -0.440. The minimum absolute atomic E-state index is 0.114. The number of ether oxygens (including phenoxy) is 1. The number of alkyl halides is 1. The predicted octanol–water partition coefficient (Wildman–Crippen LogP) is 6.00. The second-order valence-electron chi connectivity index (χ2n) is 4.57. The summed E-state index contributed by atoms with van der Waals surface area (Å²) in [7, 11) is 0. The van der Waals surface area contributed by atoms with Crippen LogP contribution in [0.2, 0.25) is 0 Å². The van der Waals surface area contributed by atoms with Gasteiger partial charge in [-0.3, -0.25) is 0 Å². The molecule has 0 radical (unpaired) electrons. The van der Waals surface area contributed by atoms with E-state index in [0.717, 1.165) is 23.8 Å². The average Bonchev–Trinajstić information content (AvgIpc) is 2.48. The number of halogens is 4. The van der Waals surface area contributed by atoms with Crippen LogP contribution >= 0.6 is 31.9 Å². The molecule has 1 nitrogen and oxygen atoms in total. The number of rotatable bonds is 5. The van der Waals surface area contributed by atoms with Crippen LogP contribution in [0.25, 0.3) is 0 Å². The fraction of sp³-hybridized carbons (Fsp3) is 0.250. The molecule has 0 saturated heterocycles. The first-order valence-electron chi connectivity index (χ1n) is 6.54. The molecule has 1 unspecified atom stereocenters. The number of benzene rings is 2. The molecule has 0 aliphatic rings. The van der Waals surface area contributed by atoms with Gasteiger partial charge in [0.2, 0.25) is 0 Å². The van der Waals surface area contributed by atoms with E-state index in [2.05, 4.69) is 31.9 Å². The molecule has 2 rings (SSSR count). The molecule has 0 saturated carbocycles. The Labute approximate surface area is 139 Å². The van der Waals surface area contributed by atoms with E-state index in [9.17, 15) is 8.78 Å². The van der Waals surface area contributed by atoms with Gasteiger partial charge in [-0.25, -0.2) is 8.78 Å². The van der Waals surface area contributed by atoms with Gasteiger partial charge < -0.3 is 4.74 Å². The smallest absolute Gasteiger partial charge is 0.137 e. The third-order valence-corrected chi connectivity index (χ3v) is 4.57. The van der Waals surface area contributed by atoms with Crippen molar-refractivity contribution in [3.05, 3.63) is 63.6 Å². The van der Waals surface area contributed by atoms with Gasteiger partial charge in [-0.15, -0.1) is 0 Å². The third kappa shape index (κ3) is 4.04. The molecule has 0 spiro atoms. The van der Waals surface area contributed by atoms with Crippen molar-refractivity contribution < 1.29 is 13.5 Å². The SMILES string of the molecule is CCCOc1cccc(C(Br)c2cc(F)c(Br)cc2F)c1. The van der Waals surface area contributed by atoms with Gasteiger partial charge in [0.15, 0.2) is 0 Å². The second-order valence-corrected chi connectivity index (χ2v) is 6.34. The van der Waals surface area contributed by atoms with Gasteiger partial charge in [0, 0.05) is 5.56 Å². The molecule has 0 aromatic heterocycles. The van der Waals surface area contributed by atoms with Crippen LogP contribution in [-0.2, 0) is 0 Å². The lowest BCUT2D eigenvalue weighted by atomic mass is 10.0. The molecular formula is C16H14Br2F2O. The Balaban J connectivity index is 2.31. The van der Waals surface area contributed by atoms with E-state index >= 15 is 0 Å². The minimum atomic E-state index is -0.491. The lowest BCUT2D eigenvalue weighted by Crippen LogP contribution is -2.00. The molecule has 2 aromatic carbocycles. The molecule has 0 N–H and O–H groups in total. The Bertz CT molecular complexity index is 632. The molecule has 0 aliphatic heterocycles. The standard InChI is InChI=1S/C16H14Br2F2O/c1-2-6-21-11-5-3-4-10(7-11)16(18)12-8-15(20)13(17)9-14(12)19/h3-5,7-9,16H,2,6H2,1H3. The first-order valence-corrected chi connectivity index (χ1v) is 8.25. The van der Waals surface area contributed by atoms with E-state index in [0.29, 0.717) is 6.61 Å². The molecule has 0 aliphatic carbocycles. The van der Waals surface area contributed by atoms with Gasteiger partial charge in [0.25, 0.3) is 0 Å². The van der Waals surface area contributed by atoms with E-state index in [-0.39, 0.29) is 10.0 Å². The van der Waals surface area contributed by atoms with Crippen LogP contribution in [0.15, 0.2) is 40.9 Å². The molecule has 1 atom stereocenters. The lowest BCUT2D eigenvalue weighted by Gasteiger charge is -2.14. The Morgan fingerprint density at radius 3 is 2.62 bits per heavy atom. The number of hydrogen-bond acceptors (Lipinski definition) is 1. The fourth-order valence-corrected chi connectivity index (χ4v) is 2.84. The van der Waals surface area contributed by atoms with Crippen molar-refractivity contribution >= 4 is 31.9 Å². The van der Waals surface area contributed by atoms with Crippen molar-refractivity contribution in [2.45, 2.75) is 18.2 Å². The summed E-state index contributed by atoms with van der Waals surface area (Å²) in [6.45, 7) is 2.65. The highest BCUT2D eigenvalue weighted by molar-refractivity contribution is 9.10. The van der Waals surface area contributed by atoms with Gasteiger partial charge >= 0.3 is 0 Å². The molecule has 112 valence electrons. The summed E-state index contributed by atoms with van der Waals surface area (Å²) in [5.41, 5.74) is 1.06. The summed E-state index contributed by atoms with van der Waals surface area (Å²) in [6, 6.07) is 9.68. The van der Waals surface area contributed by atoms with Gasteiger partial charge in [-0.1, -0.05) is 35.0 Å². The fourth-order valence-electron chi connectivity index (χ4n) is 1.89. The van der Waals surface area contributed by atoms with Crippen molar-refractivity contribution in [2.75, 3.05) is 6.61 Å². The van der Waals surface area contributed by atoms with Gasteiger partial charge in [-0.05, 0) is 52.2 Å². The van der Waals surface area contributed by atoms with Crippen molar-refractivity contribution in [1.82, 2.24) is 0 Å². The summed E-state index contributed by atoms with van der Waals surface area (Å²) < 4.78 is 33.3. The zero-order valence-electron chi connectivity index (χ0n) is 11.4. The van der Waals surface area contributed by atoms with Crippen LogP contribution in [0, 0.1) is 11.6 Å². The average molecular weight is 420 g/mol. The van der Waals surface area contributed by atoms with Crippen molar-refractivity contribution in [2.24, 2.45) is 0 Å². The maximum Gasteiger partial charge on any atom is 0.137 e. The first-order chi connectivity index (χ1) is 10.0. The van der Waals surface area contributed by atoms with E-state index in [1.165, 1.54) is 6.07 Å². The van der Waals surface area contributed by atoms with Crippen LogP contribution < -0.4 is 4.74 Å². The summed E-state index contributed by atoms with van der Waals surface area (Å²) >= 11 is 6.40. The Morgan fingerprint density at radius 1 is 1.14 bits per heavy atom. The van der Waals surface area contributed by atoms with Crippen LogP contribution in [-0.4, -0.2) is 6.61 Å². The monoisotopic (exact) mass is 418 g/mol. The molecule has 0 amide bonds. The molecule has 2 aromatic rings. The van der Waals surface area contributed by atoms with Crippen molar-refractivity contribution in [3.8, 4) is 5.75 Å². The van der Waals surface area contributed by atoms with Gasteiger partial charge in [0.05, 0.1) is 15.9 Å². The summed E-state index contributed by atoms with van der Waals surface area (Å²) in [5.74, 6) is -0.240. The number of hydrogen-bond donors (Lipinski definition) is 0. The molecule has 0 fully saturated rings. The summed E-state index contributed by atoms with van der Waals surface area (Å²) in [5, 5.41) is 0. The Hall–Kier alpha value is -0.940. The maximum absolute atomic E-state index is 14.0. The largest absolute Gasteiger partial charge is 0.494 e. The maximum atomic E-state index is 14.0. The van der Waals surface area contributed by atoms with Gasteiger partial charge in [-0.2, -0.15) is 0 Å². The molecule has 0 heterocycles. The zero-order chi connectivity index (χ0) is 15.4. The van der Waals surface area contributed by atoms with E-state index in [4.69, 9.17) is 4.74 Å². The van der Waals surface area contributed by atoms with Gasteiger partial charge in [0.1, 0.15) is 17.4 Å². The predicted molar refractivity (Wildman–Crippen MR) is 87.1 cm³/mol. The van der Waals surface area contributed by atoms with Crippen LogP contribution in [0.5, 0.6) is 5.75 Å². The highest BCUT2D eigenvalue weighted by Crippen LogP contribution is 2.35. The molecular weight excluding hydrogens is 406 g/mol. The first kappa shape index (κ1) is 16.4. The minimum Gasteiger partial charge on any atom is -0.494 e. The Kier molecular flexibility index (Phi) is 5.76. The van der Waals surface area contributed by atoms with Crippen LogP contribution in [0.1, 0.15) is 29.3 Å². The molecule has 21 heavy (non-hydrogen) atoms. The quantitative estimate of drug-likeness (QED) is 0.426. The third-order valence-electron chi connectivity index (χ3n) is 2.94. The van der Waals surface area contributed by atoms with E-state index in [1.54, 1.807) is 0 Å². The van der Waals surface area contributed by atoms with E-state index < -0.39 is 16.5 Å². The molecule has 5 heteroatoms. The normalized spacial score (nSPS) is 12.2.